The predicted octanol–water partition coefficient (Wildman–Crippen LogP) is 6.12. The number of allylic oxidation sites excluding steroid dienone is 12. The van der Waals surface area contributed by atoms with Gasteiger partial charge in [-0.1, -0.05) is 79.8 Å². The second-order valence-electron chi connectivity index (χ2n) is 10.7. The van der Waals surface area contributed by atoms with Gasteiger partial charge in [0.1, 0.15) is 12.8 Å². The average molecular weight is 633 g/mol. The normalized spacial score (nSPS) is 17.2. The predicted molar refractivity (Wildman–Crippen MR) is 181 cm³/mol. The quantitative estimate of drug-likeness (QED) is 0.118. The number of nitrogens with zero attached hydrogens (tertiary/aromatic N) is 3. The monoisotopic (exact) mass is 632 g/mol. The number of amides is 2. The maximum absolute atomic E-state index is 12.0. The lowest BCUT2D eigenvalue weighted by atomic mass is 10.2. The fraction of sp³-hybridized carbons (Fsp3) is 0.457. The fourth-order valence-corrected chi connectivity index (χ4v) is 4.62. The first-order valence-electron chi connectivity index (χ1n) is 16.2. The van der Waals surface area contributed by atoms with Gasteiger partial charge in [0, 0.05) is 19.5 Å². The Bertz CT molecular complexity index is 1430. The minimum atomic E-state index is -0.569. The van der Waals surface area contributed by atoms with Crippen molar-refractivity contribution in [3.63, 3.8) is 0 Å². The summed E-state index contributed by atoms with van der Waals surface area (Å²) in [6, 6.07) is 0. The van der Waals surface area contributed by atoms with Crippen molar-refractivity contribution in [2.24, 2.45) is 0 Å². The number of ether oxygens (including phenoxy) is 2. The number of aromatic nitrogens is 4. The highest BCUT2D eigenvalue weighted by Gasteiger charge is 2.29. The van der Waals surface area contributed by atoms with Gasteiger partial charge in [-0.05, 0) is 57.8 Å². The molecule has 0 radical (unpaired) electrons. The van der Waals surface area contributed by atoms with Gasteiger partial charge in [-0.15, -0.1) is 0 Å². The van der Waals surface area contributed by atoms with Crippen LogP contribution in [0.5, 0.6) is 0 Å². The van der Waals surface area contributed by atoms with Crippen molar-refractivity contribution in [3.8, 4) is 0 Å². The lowest BCUT2D eigenvalue weighted by Gasteiger charge is -2.15. The topological polar surface area (TPSA) is 140 Å². The first-order valence-corrected chi connectivity index (χ1v) is 16.2. The van der Waals surface area contributed by atoms with Gasteiger partial charge < -0.3 is 25.1 Å². The van der Waals surface area contributed by atoms with E-state index in [0.717, 1.165) is 38.5 Å². The summed E-state index contributed by atoms with van der Waals surface area (Å²) in [5.41, 5.74) is 0.401. The molecule has 1 aliphatic rings. The summed E-state index contributed by atoms with van der Waals surface area (Å²) < 4.78 is 13.0. The van der Waals surface area contributed by atoms with E-state index < -0.39 is 6.09 Å². The van der Waals surface area contributed by atoms with Crippen LogP contribution in [0.15, 0.2) is 90.4 Å². The highest BCUT2D eigenvalue weighted by Crippen LogP contribution is 2.29. The van der Waals surface area contributed by atoms with Gasteiger partial charge in [-0.2, -0.15) is 0 Å². The second kappa shape index (κ2) is 22.1. The molecule has 1 aliphatic heterocycles. The molecule has 2 aromatic heterocycles. The van der Waals surface area contributed by atoms with E-state index in [9.17, 15) is 14.4 Å². The van der Waals surface area contributed by atoms with Crippen LogP contribution >= 0.6 is 0 Å². The summed E-state index contributed by atoms with van der Waals surface area (Å²) in [6.07, 6.45) is 35.7. The van der Waals surface area contributed by atoms with Gasteiger partial charge in [-0.3, -0.25) is 14.2 Å². The van der Waals surface area contributed by atoms with Crippen LogP contribution in [0.3, 0.4) is 0 Å². The molecule has 0 aliphatic carbocycles. The third-order valence-electron chi connectivity index (χ3n) is 7.01. The standard InChI is InChI=1S/C35H48N6O5/c1-2-3-4-5-6-7-8-9-10-11-12-13-14-15-16-17-18-19-20-21-30(42)36-24-25-37-35(44)45-26-29-22-23-31(46-29)41-28-40-32-33(41)38-27-39-34(32)43/h3-4,6-7,9-10,12-13,15-16,18-19,27-29,31H,2,5,8,11,14,17,20-26H2,1H3,(H,36,42)(H,37,44)(H,38,39,43). The van der Waals surface area contributed by atoms with Gasteiger partial charge in [0.25, 0.3) is 5.56 Å². The number of fused-ring (bicyclic) bond motifs is 1. The molecule has 46 heavy (non-hydrogen) atoms. The molecule has 11 heteroatoms. The number of carbonyl (C=O) groups is 2. The smallest absolute Gasteiger partial charge is 0.407 e. The van der Waals surface area contributed by atoms with E-state index in [-0.39, 0.29) is 42.5 Å². The molecule has 2 unspecified atom stereocenters. The van der Waals surface area contributed by atoms with Crippen molar-refractivity contribution >= 4 is 23.2 Å². The zero-order chi connectivity index (χ0) is 32.7. The number of aromatic amines is 1. The van der Waals surface area contributed by atoms with Crippen LogP contribution in [0, 0.1) is 0 Å². The maximum Gasteiger partial charge on any atom is 0.407 e. The third-order valence-corrected chi connectivity index (χ3v) is 7.01. The molecule has 1 fully saturated rings. The molecule has 0 saturated carbocycles. The molecule has 2 amide bonds. The minimum Gasteiger partial charge on any atom is -0.447 e. The number of H-pyrrole nitrogens is 1. The third kappa shape index (κ3) is 14.1. The van der Waals surface area contributed by atoms with Crippen molar-refractivity contribution in [1.29, 1.82) is 0 Å². The summed E-state index contributed by atoms with van der Waals surface area (Å²) >= 11 is 0. The number of alkyl carbamates (subject to hydrolysis) is 1. The molecular formula is C35H48N6O5. The van der Waals surface area contributed by atoms with Gasteiger partial charge in [0.15, 0.2) is 11.2 Å². The van der Waals surface area contributed by atoms with Crippen LogP contribution in [0.1, 0.15) is 77.4 Å². The number of nitrogens with one attached hydrogen (secondary N) is 3. The summed E-state index contributed by atoms with van der Waals surface area (Å²) in [5, 5.41) is 5.43. The summed E-state index contributed by atoms with van der Waals surface area (Å²) in [7, 11) is 0. The van der Waals surface area contributed by atoms with Gasteiger partial charge in [0.05, 0.1) is 18.8 Å². The van der Waals surface area contributed by atoms with E-state index in [2.05, 4.69) is 99.3 Å². The lowest BCUT2D eigenvalue weighted by molar-refractivity contribution is -0.120. The molecule has 3 heterocycles. The Morgan fingerprint density at radius 2 is 1.50 bits per heavy atom. The van der Waals surface area contributed by atoms with Crippen LogP contribution < -0.4 is 16.2 Å². The lowest BCUT2D eigenvalue weighted by Crippen LogP contribution is -2.35. The number of hydrogen-bond donors (Lipinski definition) is 3. The molecule has 11 nitrogen and oxygen atoms in total. The molecule has 0 bridgehead atoms. The molecular weight excluding hydrogens is 584 g/mol. The zero-order valence-electron chi connectivity index (χ0n) is 26.8. The average Bonchev–Trinajstić information content (AvgIpc) is 3.71. The Balaban J connectivity index is 1.13. The van der Waals surface area contributed by atoms with Gasteiger partial charge in [0.2, 0.25) is 5.91 Å². The highest BCUT2D eigenvalue weighted by molar-refractivity contribution is 5.76. The molecule has 0 spiro atoms. The molecule has 3 rings (SSSR count). The second-order valence-corrected chi connectivity index (χ2v) is 10.7. The Labute approximate surface area is 271 Å². The van der Waals surface area contributed by atoms with E-state index >= 15 is 0 Å². The Morgan fingerprint density at radius 1 is 0.891 bits per heavy atom. The van der Waals surface area contributed by atoms with Crippen LogP contribution in [0.25, 0.3) is 11.2 Å². The van der Waals surface area contributed by atoms with Crippen LogP contribution in [0.4, 0.5) is 4.79 Å². The highest BCUT2D eigenvalue weighted by atomic mass is 16.6. The van der Waals surface area contributed by atoms with E-state index in [0.29, 0.717) is 37.9 Å². The van der Waals surface area contributed by atoms with Crippen molar-refractivity contribution in [2.45, 2.75) is 83.5 Å². The number of rotatable bonds is 20. The minimum absolute atomic E-state index is 0.0661. The Kier molecular flexibility index (Phi) is 17.3. The van der Waals surface area contributed by atoms with E-state index in [1.807, 2.05) is 6.08 Å². The van der Waals surface area contributed by atoms with Crippen molar-refractivity contribution in [3.05, 3.63) is 95.9 Å². The first-order chi connectivity index (χ1) is 22.6. The number of hydrogen-bond acceptors (Lipinski definition) is 7. The molecule has 0 aromatic carbocycles. The van der Waals surface area contributed by atoms with Crippen molar-refractivity contribution < 1.29 is 19.1 Å². The largest absolute Gasteiger partial charge is 0.447 e. The molecule has 3 N–H and O–H groups in total. The molecule has 2 atom stereocenters. The van der Waals surface area contributed by atoms with Crippen LogP contribution in [0.2, 0.25) is 0 Å². The first kappa shape index (κ1) is 36.0. The maximum atomic E-state index is 12.0. The molecule has 1 saturated heterocycles. The van der Waals surface area contributed by atoms with Crippen molar-refractivity contribution in [1.82, 2.24) is 30.2 Å². The van der Waals surface area contributed by atoms with Gasteiger partial charge in [-0.25, -0.2) is 14.8 Å². The number of imidazole rings is 1. The fourth-order valence-electron chi connectivity index (χ4n) is 4.62. The van der Waals surface area contributed by atoms with Crippen LogP contribution in [-0.2, 0) is 14.3 Å². The number of carbonyl (C=O) groups excluding carboxylic acids is 2. The van der Waals surface area contributed by atoms with E-state index in [1.54, 1.807) is 4.57 Å². The van der Waals surface area contributed by atoms with Crippen LogP contribution in [-0.4, -0.2) is 57.3 Å². The van der Waals surface area contributed by atoms with Crippen molar-refractivity contribution in [2.75, 3.05) is 19.7 Å². The van der Waals surface area contributed by atoms with E-state index in [1.165, 1.54) is 12.7 Å². The SMILES string of the molecule is CCC=CCC=CCC=CCC=CCC=CCC=CCCC(=O)NCCNC(=O)OCC1CCC(n2cnc3c(=O)[nH]cnc32)O1. The summed E-state index contributed by atoms with van der Waals surface area (Å²) in [4.78, 5) is 46.7. The molecule has 2 aromatic rings. The Hall–Kier alpha value is -4.51. The Morgan fingerprint density at radius 3 is 2.15 bits per heavy atom. The summed E-state index contributed by atoms with van der Waals surface area (Å²) in [6.45, 7) is 2.82. The van der Waals surface area contributed by atoms with Gasteiger partial charge >= 0.3 is 6.09 Å². The van der Waals surface area contributed by atoms with E-state index in [4.69, 9.17) is 9.47 Å². The molecule has 248 valence electrons. The summed E-state index contributed by atoms with van der Waals surface area (Å²) in [5.74, 6) is -0.0661. The zero-order valence-corrected chi connectivity index (χ0v) is 26.8.